The van der Waals surface area contributed by atoms with Crippen molar-refractivity contribution in [2.75, 3.05) is 48.8 Å². The highest BCUT2D eigenvalue weighted by Crippen LogP contribution is 2.82. The molecule has 8 rings (SSSR count). The summed E-state index contributed by atoms with van der Waals surface area (Å²) in [6, 6.07) is 8.90. The largest absolute Gasteiger partial charge is 0.461 e. The maximum absolute atomic E-state index is 13.0. The Morgan fingerprint density at radius 3 is 2.33 bits per heavy atom. The summed E-state index contributed by atoms with van der Waals surface area (Å²) in [5.74, 6) is -1.37. The molecule has 4 saturated heterocycles. The maximum Gasteiger partial charge on any atom is 0.338 e. The van der Waals surface area contributed by atoms with Crippen LogP contribution < -0.4 is 0 Å². The zero-order valence-electron chi connectivity index (χ0n) is 23.2. The average Bonchev–Trinajstić information content (AvgIpc) is 3.15. The van der Waals surface area contributed by atoms with Gasteiger partial charge >= 0.3 is 5.97 Å². The van der Waals surface area contributed by atoms with Crippen molar-refractivity contribution in [2.24, 2.45) is 11.3 Å². The summed E-state index contributed by atoms with van der Waals surface area (Å²) >= 11 is 0. The quantitative estimate of drug-likeness (QED) is 0.377. The molecule has 4 heterocycles. The third-order valence-corrected chi connectivity index (χ3v) is 9.78. The Morgan fingerprint density at radius 1 is 0.974 bits per heavy atom. The molecule has 6 bridgehead atoms. The first-order chi connectivity index (χ1) is 18.8. The fraction of sp³-hybridized carbons (Fsp3) is 0.750. The number of rotatable bonds is 11. The molecular weight excluding hydrogens is 512 g/mol. The normalized spacial score (nSPS) is 47.3. The molecule has 0 amide bonds. The number of benzene rings is 1. The number of esters is 1. The van der Waals surface area contributed by atoms with Crippen molar-refractivity contribution in [1.29, 1.82) is 0 Å². The van der Waals surface area contributed by atoms with Gasteiger partial charge in [-0.15, -0.1) is 0 Å². The van der Waals surface area contributed by atoms with Crippen LogP contribution in [0.4, 0.5) is 0 Å². The van der Waals surface area contributed by atoms with E-state index in [4.69, 9.17) is 47.4 Å². The Labute approximate surface area is 228 Å². The van der Waals surface area contributed by atoms with Crippen LogP contribution in [0, 0.1) is 11.3 Å². The lowest BCUT2D eigenvalue weighted by atomic mass is 9.41. The maximum atomic E-state index is 13.0. The predicted molar refractivity (Wildman–Crippen MR) is 133 cm³/mol. The van der Waals surface area contributed by atoms with Gasteiger partial charge < -0.3 is 47.4 Å². The molecule has 1 aromatic carbocycles. The molecule has 0 N–H and O–H groups in total. The lowest BCUT2D eigenvalue weighted by molar-refractivity contribution is -0.429. The molecule has 0 radical (unpaired) electrons. The third kappa shape index (κ3) is 3.52. The van der Waals surface area contributed by atoms with Gasteiger partial charge in [0.1, 0.15) is 42.2 Å². The second-order valence-electron chi connectivity index (χ2n) is 11.3. The summed E-state index contributed by atoms with van der Waals surface area (Å²) in [6.07, 6.45) is -2.47. The molecule has 11 atom stereocenters. The van der Waals surface area contributed by atoms with E-state index in [0.717, 1.165) is 0 Å². The molecular formula is C28H38O11. The summed E-state index contributed by atoms with van der Waals surface area (Å²) < 4.78 is 61.2. The SMILES string of the molecule is COC[C@H]1O[C@@H](O[C@@]23CC4[C@]5(OC)C[C@@]2(C)OC(O5)[C@@]43COC(=O)c2ccccc2)[C@H](OC)[C@@H](OC)[C@@H]1OC. The van der Waals surface area contributed by atoms with Crippen molar-refractivity contribution in [3.63, 3.8) is 0 Å². The fourth-order valence-electron chi connectivity index (χ4n) is 8.01. The van der Waals surface area contributed by atoms with Crippen LogP contribution >= 0.6 is 0 Å². The molecule has 11 nitrogen and oxygen atoms in total. The van der Waals surface area contributed by atoms with Gasteiger partial charge in [-0.2, -0.15) is 0 Å². The summed E-state index contributed by atoms with van der Waals surface area (Å²) in [5.41, 5.74) is -2.03. The van der Waals surface area contributed by atoms with Gasteiger partial charge in [0.05, 0.1) is 17.6 Å². The number of hydrogen-bond donors (Lipinski definition) is 0. The molecule has 7 aliphatic rings. The van der Waals surface area contributed by atoms with Crippen LogP contribution in [0.5, 0.6) is 0 Å². The van der Waals surface area contributed by atoms with E-state index in [2.05, 4.69) is 0 Å². The van der Waals surface area contributed by atoms with Gasteiger partial charge in [-0.3, -0.25) is 0 Å². The first-order valence-electron chi connectivity index (χ1n) is 13.3. The van der Waals surface area contributed by atoms with Crippen molar-refractivity contribution in [1.82, 2.24) is 0 Å². The van der Waals surface area contributed by atoms with Gasteiger partial charge in [-0.25, -0.2) is 4.79 Å². The zero-order chi connectivity index (χ0) is 27.6. The number of carbonyl (C=O) groups excluding carboxylic acids is 1. The Morgan fingerprint density at radius 2 is 1.69 bits per heavy atom. The van der Waals surface area contributed by atoms with Crippen molar-refractivity contribution < 1.29 is 52.2 Å². The minimum absolute atomic E-state index is 0.0387. The van der Waals surface area contributed by atoms with E-state index in [-0.39, 0.29) is 19.1 Å². The van der Waals surface area contributed by atoms with Crippen molar-refractivity contribution in [3.05, 3.63) is 35.9 Å². The molecule has 3 aliphatic carbocycles. The average molecular weight is 551 g/mol. The Kier molecular flexibility index (Phi) is 6.85. The highest BCUT2D eigenvalue weighted by atomic mass is 16.8. The molecule has 3 saturated carbocycles. The van der Waals surface area contributed by atoms with Gasteiger partial charge in [0.2, 0.25) is 0 Å². The summed E-state index contributed by atoms with van der Waals surface area (Å²) in [4.78, 5) is 13.0. The minimum Gasteiger partial charge on any atom is -0.461 e. The molecule has 4 aliphatic heterocycles. The molecule has 7 fully saturated rings. The topological polar surface area (TPSA) is 109 Å². The summed E-state index contributed by atoms with van der Waals surface area (Å²) in [5, 5.41) is 0. The second-order valence-corrected chi connectivity index (χ2v) is 11.3. The first kappa shape index (κ1) is 27.5. The van der Waals surface area contributed by atoms with Crippen molar-refractivity contribution in [2.45, 2.75) is 73.8 Å². The number of carbonyl (C=O) groups is 1. The lowest BCUT2D eigenvalue weighted by Crippen LogP contribution is -2.81. The highest BCUT2D eigenvalue weighted by molar-refractivity contribution is 5.89. The molecule has 0 spiro atoms. The van der Waals surface area contributed by atoms with Crippen LogP contribution in [0.2, 0.25) is 0 Å². The molecule has 2 unspecified atom stereocenters. The lowest BCUT2D eigenvalue weighted by Gasteiger charge is -2.68. The number of methoxy groups -OCH3 is 5. The molecule has 0 aromatic heterocycles. The van der Waals surface area contributed by atoms with Gasteiger partial charge in [0, 0.05) is 47.9 Å². The highest BCUT2D eigenvalue weighted by Gasteiger charge is 2.95. The van der Waals surface area contributed by atoms with Crippen LogP contribution in [0.25, 0.3) is 0 Å². The summed E-state index contributed by atoms with van der Waals surface area (Å²) in [7, 11) is 8.05. The monoisotopic (exact) mass is 550 g/mol. The van der Waals surface area contributed by atoms with E-state index in [1.54, 1.807) is 59.8 Å². The first-order valence-corrected chi connectivity index (χ1v) is 13.3. The standard InChI is InChI=1S/C28H38O11/c1-25-14-27(34-6)18-12-28(25,37-23-21(33-5)20(32-4)19(31-3)17(36-23)13-30-2)26(18,24(38-25)39-27)15-35-22(29)16-10-8-7-9-11-16/h7-11,17-21,23-24H,12-15H2,1-6H3/t17-,18?,19-,20+,21-,23+,24?,25-,26-,27+,28+/m1/s1. The summed E-state index contributed by atoms with van der Waals surface area (Å²) in [6.45, 7) is 2.32. The van der Waals surface area contributed by atoms with Gasteiger partial charge in [-0.1, -0.05) is 18.2 Å². The van der Waals surface area contributed by atoms with E-state index < -0.39 is 65.4 Å². The zero-order valence-corrected chi connectivity index (χ0v) is 23.2. The van der Waals surface area contributed by atoms with Gasteiger partial charge in [0.15, 0.2) is 18.4 Å². The third-order valence-electron chi connectivity index (χ3n) is 9.78. The predicted octanol–water partition coefficient (Wildman–Crippen LogP) is 1.91. The van der Waals surface area contributed by atoms with E-state index in [1.165, 1.54) is 0 Å². The number of hydrogen-bond acceptors (Lipinski definition) is 11. The van der Waals surface area contributed by atoms with E-state index >= 15 is 0 Å². The van der Waals surface area contributed by atoms with Crippen LogP contribution in [0.1, 0.15) is 30.1 Å². The van der Waals surface area contributed by atoms with E-state index in [9.17, 15) is 4.79 Å². The van der Waals surface area contributed by atoms with Gasteiger partial charge in [0.25, 0.3) is 0 Å². The smallest absolute Gasteiger partial charge is 0.338 e. The molecule has 39 heavy (non-hydrogen) atoms. The Balaban J connectivity index is 1.34. The fourth-order valence-corrected chi connectivity index (χ4v) is 8.01. The van der Waals surface area contributed by atoms with Crippen molar-refractivity contribution >= 4 is 5.97 Å². The number of ether oxygens (including phenoxy) is 10. The van der Waals surface area contributed by atoms with Gasteiger partial charge in [-0.05, 0) is 25.5 Å². The van der Waals surface area contributed by atoms with Crippen LogP contribution in [0.3, 0.4) is 0 Å². The second kappa shape index (κ2) is 9.71. The minimum atomic E-state index is -0.901. The Hall–Kier alpha value is -1.67. The van der Waals surface area contributed by atoms with E-state index in [1.807, 2.05) is 13.0 Å². The molecule has 11 heteroatoms. The molecule has 216 valence electrons. The molecule has 1 aromatic rings. The van der Waals surface area contributed by atoms with Crippen LogP contribution in [-0.4, -0.2) is 109 Å². The van der Waals surface area contributed by atoms with Crippen molar-refractivity contribution in [3.8, 4) is 0 Å². The Bertz CT molecular complexity index is 1070. The van der Waals surface area contributed by atoms with Crippen LogP contribution in [0.15, 0.2) is 30.3 Å². The van der Waals surface area contributed by atoms with E-state index in [0.29, 0.717) is 18.4 Å². The van der Waals surface area contributed by atoms with Crippen LogP contribution in [-0.2, 0) is 47.4 Å².